The van der Waals surface area contributed by atoms with Crippen LogP contribution < -0.4 is 4.72 Å². The maximum atomic E-state index is 12.6. The van der Waals surface area contributed by atoms with Crippen molar-refractivity contribution in [3.8, 4) is 22.6 Å². The van der Waals surface area contributed by atoms with E-state index in [1.807, 2.05) is 36.4 Å². The van der Waals surface area contributed by atoms with Crippen molar-refractivity contribution >= 4 is 38.9 Å². The minimum atomic E-state index is -3.88. The lowest BCUT2D eigenvalue weighted by molar-refractivity contribution is 0.435. The highest BCUT2D eigenvalue weighted by Crippen LogP contribution is 2.29. The van der Waals surface area contributed by atoms with Crippen molar-refractivity contribution in [3.05, 3.63) is 88.9 Å². The Balaban J connectivity index is 1.56. The molecule has 0 saturated heterocycles. The first kappa shape index (κ1) is 19.5. The van der Waals surface area contributed by atoms with Crippen molar-refractivity contribution < 1.29 is 12.9 Å². The van der Waals surface area contributed by atoms with Gasteiger partial charge in [-0.05, 0) is 30.3 Å². The second-order valence-corrected chi connectivity index (χ2v) is 8.69. The molecule has 3 aromatic carbocycles. The van der Waals surface area contributed by atoms with Crippen molar-refractivity contribution in [3.63, 3.8) is 0 Å². The molecule has 1 N–H and O–H groups in total. The van der Waals surface area contributed by atoms with Gasteiger partial charge >= 0.3 is 0 Å². The number of anilines is 1. The van der Waals surface area contributed by atoms with Crippen molar-refractivity contribution in [2.75, 3.05) is 4.72 Å². The summed E-state index contributed by atoms with van der Waals surface area (Å²) >= 11 is 11.9. The molecule has 5 nitrogen and oxygen atoms in total. The largest absolute Gasteiger partial charge is 0.356 e. The fourth-order valence-electron chi connectivity index (χ4n) is 2.75. The van der Waals surface area contributed by atoms with Crippen LogP contribution in [0.5, 0.6) is 0 Å². The van der Waals surface area contributed by atoms with E-state index < -0.39 is 10.0 Å². The highest BCUT2D eigenvalue weighted by atomic mass is 35.5. The second kappa shape index (κ2) is 7.91. The molecule has 0 aliphatic carbocycles. The van der Waals surface area contributed by atoms with Gasteiger partial charge in [-0.3, -0.25) is 4.72 Å². The third-order valence-corrected chi connectivity index (χ3v) is 6.28. The second-order valence-electron chi connectivity index (χ2n) is 6.20. The molecule has 0 fully saturated rings. The SMILES string of the molecule is O=S(=O)(Nc1ccc(-c2cc(-c3ccccc3)on2)cc1)c1cc(Cl)ccc1Cl. The van der Waals surface area contributed by atoms with Crippen LogP contribution in [0.4, 0.5) is 5.69 Å². The quantitative estimate of drug-likeness (QED) is 0.402. The van der Waals surface area contributed by atoms with Crippen LogP contribution >= 0.6 is 23.2 Å². The fraction of sp³-hybridized carbons (Fsp3) is 0. The van der Waals surface area contributed by atoms with E-state index in [0.717, 1.165) is 11.1 Å². The van der Waals surface area contributed by atoms with E-state index in [2.05, 4.69) is 9.88 Å². The highest BCUT2D eigenvalue weighted by Gasteiger charge is 2.19. The predicted molar refractivity (Wildman–Crippen MR) is 115 cm³/mol. The number of nitrogens with one attached hydrogen (secondary N) is 1. The van der Waals surface area contributed by atoms with Gasteiger partial charge < -0.3 is 4.52 Å². The van der Waals surface area contributed by atoms with Gasteiger partial charge in [-0.15, -0.1) is 0 Å². The van der Waals surface area contributed by atoms with E-state index in [0.29, 0.717) is 17.1 Å². The van der Waals surface area contributed by atoms with Gasteiger partial charge in [-0.1, -0.05) is 70.8 Å². The number of aromatic nitrogens is 1. The zero-order valence-corrected chi connectivity index (χ0v) is 17.2. The number of nitrogens with zero attached hydrogens (tertiary/aromatic N) is 1. The minimum absolute atomic E-state index is 0.0836. The summed E-state index contributed by atoms with van der Waals surface area (Å²) in [5, 5.41) is 4.47. The number of halogens is 2. The third-order valence-electron chi connectivity index (χ3n) is 4.18. The molecule has 8 heteroatoms. The van der Waals surface area contributed by atoms with Crippen LogP contribution in [0.25, 0.3) is 22.6 Å². The predicted octanol–water partition coefficient (Wildman–Crippen LogP) is 6.12. The molecular weight excluding hydrogens is 431 g/mol. The summed E-state index contributed by atoms with van der Waals surface area (Å²) < 4.78 is 33.1. The Hall–Kier alpha value is -2.80. The van der Waals surface area contributed by atoms with Gasteiger partial charge in [0.15, 0.2) is 5.76 Å². The molecule has 29 heavy (non-hydrogen) atoms. The topological polar surface area (TPSA) is 72.2 Å². The van der Waals surface area contributed by atoms with Crippen LogP contribution in [-0.2, 0) is 10.0 Å². The van der Waals surface area contributed by atoms with Gasteiger partial charge in [-0.25, -0.2) is 8.42 Å². The van der Waals surface area contributed by atoms with E-state index in [4.69, 9.17) is 27.7 Å². The summed E-state index contributed by atoms with van der Waals surface area (Å²) in [6, 6.07) is 22.5. The van der Waals surface area contributed by atoms with Gasteiger partial charge in [0.2, 0.25) is 0 Å². The first-order valence-electron chi connectivity index (χ1n) is 8.53. The molecule has 0 atom stereocenters. The zero-order chi connectivity index (χ0) is 20.4. The standard InChI is InChI=1S/C21H14Cl2N2O3S/c22-16-8-11-18(23)21(12-16)29(26,27)25-17-9-6-14(7-10-17)19-13-20(28-24-19)15-4-2-1-3-5-15/h1-13,25H. The number of hydrogen-bond donors (Lipinski definition) is 1. The van der Waals surface area contributed by atoms with Gasteiger partial charge in [0, 0.05) is 27.9 Å². The lowest BCUT2D eigenvalue weighted by atomic mass is 10.1. The maximum Gasteiger partial charge on any atom is 0.263 e. The van der Waals surface area contributed by atoms with Crippen molar-refractivity contribution in [2.45, 2.75) is 4.90 Å². The Morgan fingerprint density at radius 1 is 0.828 bits per heavy atom. The molecule has 4 rings (SSSR count). The van der Waals surface area contributed by atoms with Crippen LogP contribution in [0.15, 0.2) is 88.3 Å². The Morgan fingerprint density at radius 2 is 1.55 bits per heavy atom. The van der Waals surface area contributed by atoms with E-state index >= 15 is 0 Å². The lowest BCUT2D eigenvalue weighted by Gasteiger charge is -2.10. The molecule has 0 saturated carbocycles. The van der Waals surface area contributed by atoms with E-state index in [1.54, 1.807) is 24.3 Å². The molecular formula is C21H14Cl2N2O3S. The van der Waals surface area contributed by atoms with Gasteiger partial charge in [0.25, 0.3) is 10.0 Å². The minimum Gasteiger partial charge on any atom is -0.356 e. The molecule has 1 heterocycles. The first-order valence-corrected chi connectivity index (χ1v) is 10.8. The molecule has 0 radical (unpaired) electrons. The number of hydrogen-bond acceptors (Lipinski definition) is 4. The van der Waals surface area contributed by atoms with Gasteiger partial charge in [-0.2, -0.15) is 0 Å². The lowest BCUT2D eigenvalue weighted by Crippen LogP contribution is -2.13. The Bertz CT molecular complexity index is 1250. The Morgan fingerprint density at radius 3 is 2.28 bits per heavy atom. The number of sulfonamides is 1. The van der Waals surface area contributed by atoms with Gasteiger partial charge in [0.1, 0.15) is 10.6 Å². The molecule has 0 aliphatic heterocycles. The molecule has 0 bridgehead atoms. The van der Waals surface area contributed by atoms with Crippen LogP contribution in [0.2, 0.25) is 10.0 Å². The highest BCUT2D eigenvalue weighted by molar-refractivity contribution is 7.92. The van der Waals surface area contributed by atoms with Crippen LogP contribution in [0.3, 0.4) is 0 Å². The molecule has 0 spiro atoms. The summed E-state index contributed by atoms with van der Waals surface area (Å²) in [4.78, 5) is -0.0836. The first-order chi connectivity index (χ1) is 13.9. The zero-order valence-electron chi connectivity index (χ0n) is 14.8. The van der Waals surface area contributed by atoms with Crippen molar-refractivity contribution in [2.24, 2.45) is 0 Å². The van der Waals surface area contributed by atoms with Crippen molar-refractivity contribution in [1.29, 1.82) is 0 Å². The third kappa shape index (κ3) is 4.29. The van der Waals surface area contributed by atoms with Crippen LogP contribution in [0, 0.1) is 0 Å². The molecule has 0 unspecified atom stereocenters. The normalized spacial score (nSPS) is 11.4. The Labute approximate surface area is 177 Å². The summed E-state index contributed by atoms with van der Waals surface area (Å²) in [6.07, 6.45) is 0. The monoisotopic (exact) mass is 444 g/mol. The average Bonchev–Trinajstić information content (AvgIpc) is 3.21. The summed E-state index contributed by atoms with van der Waals surface area (Å²) in [5.41, 5.74) is 2.75. The molecule has 146 valence electrons. The molecule has 0 aliphatic rings. The Kier molecular flexibility index (Phi) is 5.32. The average molecular weight is 445 g/mol. The summed E-state index contributed by atoms with van der Waals surface area (Å²) in [6.45, 7) is 0. The summed E-state index contributed by atoms with van der Waals surface area (Å²) in [7, 11) is -3.88. The molecule has 4 aromatic rings. The van der Waals surface area contributed by atoms with Crippen molar-refractivity contribution in [1.82, 2.24) is 5.16 Å². The number of rotatable bonds is 5. The smallest absolute Gasteiger partial charge is 0.263 e. The van der Waals surface area contributed by atoms with E-state index in [9.17, 15) is 8.42 Å². The molecule has 0 amide bonds. The van der Waals surface area contributed by atoms with Crippen LogP contribution in [-0.4, -0.2) is 13.6 Å². The van der Waals surface area contributed by atoms with Gasteiger partial charge in [0.05, 0.1) is 5.02 Å². The maximum absolute atomic E-state index is 12.6. The van der Waals surface area contributed by atoms with E-state index in [1.165, 1.54) is 18.2 Å². The number of benzene rings is 3. The molecule has 1 aromatic heterocycles. The summed E-state index contributed by atoms with van der Waals surface area (Å²) in [5.74, 6) is 0.654. The fourth-order valence-corrected chi connectivity index (χ4v) is 4.57. The van der Waals surface area contributed by atoms with Crippen LogP contribution in [0.1, 0.15) is 0 Å². The van der Waals surface area contributed by atoms with E-state index in [-0.39, 0.29) is 14.9 Å².